The number of aryl methyl sites for hydroxylation is 1. The average molecular weight is 295 g/mol. The number of fused-ring (bicyclic) bond motifs is 1. The fourth-order valence-electron chi connectivity index (χ4n) is 2.42. The summed E-state index contributed by atoms with van der Waals surface area (Å²) in [7, 11) is 0. The van der Waals surface area contributed by atoms with Gasteiger partial charge in [0.1, 0.15) is 11.3 Å². The van der Waals surface area contributed by atoms with Crippen LogP contribution >= 0.6 is 11.6 Å². The lowest BCUT2D eigenvalue weighted by Gasteiger charge is -2.19. The standard InChI is InChI=1S/C15H23ClN4/c1-5-19(6-2)9-10-20-14(12(4)16)18-13-8-7-11(3)17-15(13)20/h7-8,12H,5-6,9-10H2,1-4H3. The van der Waals surface area contributed by atoms with Gasteiger partial charge in [0.2, 0.25) is 0 Å². The Hall–Kier alpha value is -1.13. The third-order valence-electron chi connectivity index (χ3n) is 3.65. The van der Waals surface area contributed by atoms with E-state index in [2.05, 4.69) is 33.3 Å². The zero-order valence-corrected chi connectivity index (χ0v) is 13.5. The zero-order chi connectivity index (χ0) is 14.7. The van der Waals surface area contributed by atoms with Crippen LogP contribution in [0.1, 0.15) is 37.7 Å². The Bertz CT molecular complexity index is 573. The van der Waals surface area contributed by atoms with Gasteiger partial charge in [-0.25, -0.2) is 9.97 Å². The summed E-state index contributed by atoms with van der Waals surface area (Å²) in [5.41, 5.74) is 2.88. The third kappa shape index (κ3) is 3.13. The maximum Gasteiger partial charge on any atom is 0.160 e. The van der Waals surface area contributed by atoms with E-state index in [0.29, 0.717) is 0 Å². The van der Waals surface area contributed by atoms with Crippen molar-refractivity contribution in [1.29, 1.82) is 0 Å². The van der Waals surface area contributed by atoms with Crippen LogP contribution < -0.4 is 0 Å². The van der Waals surface area contributed by atoms with Crippen molar-refractivity contribution in [3.63, 3.8) is 0 Å². The highest BCUT2D eigenvalue weighted by Crippen LogP contribution is 2.23. The Balaban J connectivity index is 2.37. The van der Waals surface area contributed by atoms with Gasteiger partial charge in [-0.15, -0.1) is 11.6 Å². The molecule has 0 saturated carbocycles. The number of aromatic nitrogens is 3. The van der Waals surface area contributed by atoms with E-state index >= 15 is 0 Å². The van der Waals surface area contributed by atoms with Crippen molar-refractivity contribution >= 4 is 22.8 Å². The Kier molecular flexibility index (Phi) is 5.00. The van der Waals surface area contributed by atoms with E-state index in [1.54, 1.807) is 0 Å². The highest BCUT2D eigenvalue weighted by molar-refractivity contribution is 6.20. The topological polar surface area (TPSA) is 34.0 Å². The number of alkyl halides is 1. The molecule has 0 spiro atoms. The lowest BCUT2D eigenvalue weighted by molar-refractivity contribution is 0.290. The normalized spacial score (nSPS) is 13.3. The molecule has 0 N–H and O–H groups in total. The molecular formula is C15H23ClN4. The van der Waals surface area contributed by atoms with Gasteiger partial charge in [-0.05, 0) is 39.1 Å². The number of rotatable bonds is 6. The first-order valence-electron chi connectivity index (χ1n) is 7.27. The zero-order valence-electron chi connectivity index (χ0n) is 12.7. The van der Waals surface area contributed by atoms with E-state index in [1.807, 2.05) is 26.0 Å². The predicted octanol–water partition coefficient (Wildman–Crippen LogP) is 3.38. The summed E-state index contributed by atoms with van der Waals surface area (Å²) < 4.78 is 2.16. The molecule has 2 rings (SSSR count). The summed E-state index contributed by atoms with van der Waals surface area (Å²) in [6.45, 7) is 12.3. The molecule has 0 amide bonds. The van der Waals surface area contributed by atoms with E-state index in [1.165, 1.54) is 0 Å². The minimum Gasteiger partial charge on any atom is -0.310 e. The number of hydrogen-bond acceptors (Lipinski definition) is 3. The molecule has 2 aromatic heterocycles. The molecule has 1 atom stereocenters. The van der Waals surface area contributed by atoms with Crippen molar-refractivity contribution in [2.24, 2.45) is 0 Å². The van der Waals surface area contributed by atoms with Crippen molar-refractivity contribution in [2.75, 3.05) is 19.6 Å². The maximum atomic E-state index is 6.28. The van der Waals surface area contributed by atoms with Gasteiger partial charge < -0.3 is 9.47 Å². The van der Waals surface area contributed by atoms with Crippen molar-refractivity contribution in [3.8, 4) is 0 Å². The monoisotopic (exact) mass is 294 g/mol. The molecule has 0 saturated heterocycles. The summed E-state index contributed by atoms with van der Waals surface area (Å²) in [6.07, 6.45) is 0. The molecule has 2 heterocycles. The van der Waals surface area contributed by atoms with Crippen LogP contribution in [0.4, 0.5) is 0 Å². The minimum atomic E-state index is -0.110. The van der Waals surface area contributed by atoms with E-state index in [4.69, 9.17) is 11.6 Å². The molecule has 4 nitrogen and oxygen atoms in total. The second kappa shape index (κ2) is 6.55. The van der Waals surface area contributed by atoms with Gasteiger partial charge in [0.15, 0.2) is 5.65 Å². The maximum absolute atomic E-state index is 6.28. The number of imidazole rings is 1. The summed E-state index contributed by atoms with van der Waals surface area (Å²) in [6, 6.07) is 4.01. The second-order valence-corrected chi connectivity index (χ2v) is 5.71. The second-order valence-electron chi connectivity index (χ2n) is 5.06. The average Bonchev–Trinajstić information content (AvgIpc) is 2.78. The molecule has 110 valence electrons. The fourth-order valence-corrected chi connectivity index (χ4v) is 2.59. The van der Waals surface area contributed by atoms with Crippen LogP contribution in [0.15, 0.2) is 12.1 Å². The van der Waals surface area contributed by atoms with Crippen LogP contribution in [0, 0.1) is 6.92 Å². The van der Waals surface area contributed by atoms with Crippen LogP contribution in [-0.2, 0) is 6.54 Å². The summed E-state index contributed by atoms with van der Waals surface area (Å²) in [5.74, 6) is 0.909. The molecule has 0 aromatic carbocycles. The van der Waals surface area contributed by atoms with E-state index in [-0.39, 0.29) is 5.38 Å². The number of likely N-dealkylation sites (N-methyl/N-ethyl adjacent to an activating group) is 1. The molecule has 1 unspecified atom stereocenters. The first-order chi connectivity index (χ1) is 9.56. The van der Waals surface area contributed by atoms with Gasteiger partial charge in [-0.1, -0.05) is 13.8 Å². The fraction of sp³-hybridized carbons (Fsp3) is 0.600. The Morgan fingerprint density at radius 3 is 2.55 bits per heavy atom. The smallest absolute Gasteiger partial charge is 0.160 e. The Labute approximate surface area is 125 Å². The van der Waals surface area contributed by atoms with E-state index in [0.717, 1.165) is 48.9 Å². The van der Waals surface area contributed by atoms with E-state index < -0.39 is 0 Å². The van der Waals surface area contributed by atoms with Gasteiger partial charge in [-0.2, -0.15) is 0 Å². The van der Waals surface area contributed by atoms with Crippen molar-refractivity contribution in [3.05, 3.63) is 23.7 Å². The predicted molar refractivity (Wildman–Crippen MR) is 84.3 cm³/mol. The van der Waals surface area contributed by atoms with Crippen LogP contribution in [0.5, 0.6) is 0 Å². The summed E-state index contributed by atoms with van der Waals surface area (Å²) >= 11 is 6.28. The van der Waals surface area contributed by atoms with E-state index in [9.17, 15) is 0 Å². The van der Waals surface area contributed by atoms with Gasteiger partial charge >= 0.3 is 0 Å². The molecule has 0 aliphatic heterocycles. The summed E-state index contributed by atoms with van der Waals surface area (Å²) in [5, 5.41) is -0.110. The van der Waals surface area contributed by atoms with Crippen LogP contribution in [0.25, 0.3) is 11.2 Å². The lowest BCUT2D eigenvalue weighted by atomic mass is 10.3. The Morgan fingerprint density at radius 2 is 1.95 bits per heavy atom. The van der Waals surface area contributed by atoms with Gasteiger partial charge in [-0.3, -0.25) is 0 Å². The minimum absolute atomic E-state index is 0.110. The van der Waals surface area contributed by atoms with Crippen LogP contribution in [-0.4, -0.2) is 39.1 Å². The molecule has 0 fully saturated rings. The quantitative estimate of drug-likeness (QED) is 0.766. The van der Waals surface area contributed by atoms with Gasteiger partial charge in [0.05, 0.1) is 5.38 Å². The SMILES string of the molecule is CCN(CC)CCn1c(C(C)Cl)nc2ccc(C)nc21. The lowest BCUT2D eigenvalue weighted by Crippen LogP contribution is -2.27. The molecule has 2 aromatic rings. The van der Waals surface area contributed by atoms with Gasteiger partial charge in [0.25, 0.3) is 0 Å². The first kappa shape index (κ1) is 15.3. The summed E-state index contributed by atoms with van der Waals surface area (Å²) in [4.78, 5) is 11.7. The Morgan fingerprint density at radius 1 is 1.25 bits per heavy atom. The number of nitrogens with zero attached hydrogens (tertiary/aromatic N) is 4. The molecule has 0 aliphatic rings. The van der Waals surface area contributed by atoms with Gasteiger partial charge in [0, 0.05) is 18.8 Å². The molecule has 0 radical (unpaired) electrons. The van der Waals surface area contributed by atoms with Crippen molar-refractivity contribution < 1.29 is 0 Å². The molecule has 5 heteroatoms. The third-order valence-corrected chi connectivity index (χ3v) is 3.85. The largest absolute Gasteiger partial charge is 0.310 e. The number of halogens is 1. The number of pyridine rings is 1. The molecule has 0 bridgehead atoms. The molecular weight excluding hydrogens is 272 g/mol. The van der Waals surface area contributed by atoms with Crippen molar-refractivity contribution in [2.45, 2.75) is 39.6 Å². The van der Waals surface area contributed by atoms with Crippen LogP contribution in [0.2, 0.25) is 0 Å². The highest BCUT2D eigenvalue weighted by Gasteiger charge is 2.16. The molecule has 20 heavy (non-hydrogen) atoms. The number of hydrogen-bond donors (Lipinski definition) is 0. The van der Waals surface area contributed by atoms with Crippen LogP contribution in [0.3, 0.4) is 0 Å². The first-order valence-corrected chi connectivity index (χ1v) is 7.70. The molecule has 0 aliphatic carbocycles. The highest BCUT2D eigenvalue weighted by atomic mass is 35.5. The van der Waals surface area contributed by atoms with Crippen molar-refractivity contribution in [1.82, 2.24) is 19.4 Å².